The van der Waals surface area contributed by atoms with Crippen LogP contribution in [0.5, 0.6) is 0 Å². The van der Waals surface area contributed by atoms with Crippen molar-refractivity contribution in [3.8, 4) is 0 Å². The first-order valence-corrected chi connectivity index (χ1v) is 6.65. The number of nitroso groups, excluding NO2 is 1. The van der Waals surface area contributed by atoms with Gasteiger partial charge in [0.15, 0.2) is 0 Å². The summed E-state index contributed by atoms with van der Waals surface area (Å²) in [6.45, 7) is 0. The molecule has 0 aliphatic rings. The first-order chi connectivity index (χ1) is 7.54. The van der Waals surface area contributed by atoms with E-state index in [2.05, 4.69) is 5.18 Å². The van der Waals surface area contributed by atoms with E-state index in [1.165, 1.54) is 12.1 Å². The van der Waals surface area contributed by atoms with Crippen LogP contribution in [0.1, 0.15) is 0 Å². The molecular formula is C10H6ClNO3S. The number of rotatable bonds is 2. The summed E-state index contributed by atoms with van der Waals surface area (Å²) in [5, 5.41) is 3.67. The predicted octanol–water partition coefficient (Wildman–Crippen LogP) is 3.17. The molecule has 2 aromatic carbocycles. The second-order valence-corrected chi connectivity index (χ2v) is 5.69. The third-order valence-corrected chi connectivity index (χ3v) is 3.57. The fourth-order valence-corrected chi connectivity index (χ4v) is 2.66. The van der Waals surface area contributed by atoms with E-state index in [1.54, 1.807) is 24.3 Å². The lowest BCUT2D eigenvalue weighted by Crippen LogP contribution is -1.92. The van der Waals surface area contributed by atoms with Gasteiger partial charge in [-0.2, -0.15) is 0 Å². The molecule has 0 atom stereocenters. The minimum Gasteiger partial charge on any atom is -0.207 e. The minimum atomic E-state index is -3.89. The fourth-order valence-electron chi connectivity index (χ4n) is 1.57. The molecule has 0 radical (unpaired) electrons. The Morgan fingerprint density at radius 2 is 1.69 bits per heavy atom. The van der Waals surface area contributed by atoms with Crippen molar-refractivity contribution in [1.82, 2.24) is 0 Å². The van der Waals surface area contributed by atoms with Crippen LogP contribution in [0.15, 0.2) is 46.5 Å². The first kappa shape index (κ1) is 11.0. The van der Waals surface area contributed by atoms with Crippen LogP contribution in [0.3, 0.4) is 0 Å². The zero-order valence-corrected chi connectivity index (χ0v) is 9.49. The Morgan fingerprint density at radius 1 is 1.06 bits per heavy atom. The largest absolute Gasteiger partial charge is 0.262 e. The smallest absolute Gasteiger partial charge is 0.207 e. The molecule has 82 valence electrons. The van der Waals surface area contributed by atoms with Gasteiger partial charge in [-0.05, 0) is 22.7 Å². The number of hydrogen-bond acceptors (Lipinski definition) is 4. The lowest BCUT2D eigenvalue weighted by Gasteiger charge is -2.04. The highest BCUT2D eigenvalue weighted by Gasteiger charge is 2.16. The molecule has 0 heterocycles. The highest BCUT2D eigenvalue weighted by atomic mass is 35.7. The van der Waals surface area contributed by atoms with Gasteiger partial charge in [0.1, 0.15) is 5.69 Å². The Bertz CT molecular complexity index is 662. The second-order valence-electron chi connectivity index (χ2n) is 3.16. The fraction of sp³-hybridized carbons (Fsp3) is 0. The topological polar surface area (TPSA) is 63.6 Å². The Morgan fingerprint density at radius 3 is 2.25 bits per heavy atom. The van der Waals surface area contributed by atoms with Crippen molar-refractivity contribution in [3.05, 3.63) is 41.3 Å². The van der Waals surface area contributed by atoms with Crippen molar-refractivity contribution in [2.45, 2.75) is 4.90 Å². The van der Waals surface area contributed by atoms with E-state index in [0.29, 0.717) is 5.39 Å². The zero-order chi connectivity index (χ0) is 11.8. The molecule has 0 amide bonds. The van der Waals surface area contributed by atoms with Crippen molar-refractivity contribution < 1.29 is 8.42 Å². The summed E-state index contributed by atoms with van der Waals surface area (Å²) < 4.78 is 22.7. The van der Waals surface area contributed by atoms with Crippen LogP contribution in [0.4, 0.5) is 5.69 Å². The molecule has 0 aliphatic heterocycles. The van der Waals surface area contributed by atoms with Gasteiger partial charge in [0.05, 0.1) is 4.90 Å². The lowest BCUT2D eigenvalue weighted by atomic mass is 10.1. The number of nitrogens with zero attached hydrogens (tertiary/aromatic N) is 1. The van der Waals surface area contributed by atoms with E-state index in [-0.39, 0.29) is 16.0 Å². The monoisotopic (exact) mass is 255 g/mol. The molecule has 0 bridgehead atoms. The molecule has 0 spiro atoms. The normalized spacial score (nSPS) is 11.6. The molecule has 6 heteroatoms. The van der Waals surface area contributed by atoms with Crippen LogP contribution < -0.4 is 0 Å². The Hall–Kier alpha value is -1.46. The van der Waals surface area contributed by atoms with E-state index in [1.807, 2.05) is 0 Å². The SMILES string of the molecule is O=Nc1cccc2cccc(S(=O)(=O)Cl)c12. The van der Waals surface area contributed by atoms with E-state index >= 15 is 0 Å². The van der Waals surface area contributed by atoms with Crippen LogP contribution in [-0.4, -0.2) is 8.42 Å². The molecule has 0 N–H and O–H groups in total. The van der Waals surface area contributed by atoms with Crippen molar-refractivity contribution in [2.75, 3.05) is 0 Å². The van der Waals surface area contributed by atoms with Gasteiger partial charge in [0.2, 0.25) is 0 Å². The van der Waals surface area contributed by atoms with Crippen LogP contribution in [0.25, 0.3) is 10.8 Å². The van der Waals surface area contributed by atoms with E-state index in [9.17, 15) is 13.3 Å². The van der Waals surface area contributed by atoms with Crippen molar-refractivity contribution in [1.29, 1.82) is 0 Å². The average Bonchev–Trinajstić information content (AvgIpc) is 2.26. The van der Waals surface area contributed by atoms with Gasteiger partial charge >= 0.3 is 0 Å². The average molecular weight is 256 g/mol. The first-order valence-electron chi connectivity index (χ1n) is 4.34. The van der Waals surface area contributed by atoms with Gasteiger partial charge in [0.25, 0.3) is 9.05 Å². The van der Waals surface area contributed by atoms with Crippen LogP contribution in [0, 0.1) is 4.91 Å². The maximum Gasteiger partial charge on any atom is 0.262 e. The van der Waals surface area contributed by atoms with Crippen molar-refractivity contribution in [3.63, 3.8) is 0 Å². The summed E-state index contributed by atoms with van der Waals surface area (Å²) in [4.78, 5) is 10.5. The second kappa shape index (κ2) is 3.84. The molecule has 4 nitrogen and oxygen atoms in total. The molecule has 2 aromatic rings. The molecule has 0 unspecified atom stereocenters. The molecule has 0 aromatic heterocycles. The number of hydrogen-bond donors (Lipinski definition) is 0. The summed E-state index contributed by atoms with van der Waals surface area (Å²) in [7, 11) is 1.41. The summed E-state index contributed by atoms with van der Waals surface area (Å²) in [6.07, 6.45) is 0. The molecule has 2 rings (SSSR count). The van der Waals surface area contributed by atoms with Crippen LogP contribution in [-0.2, 0) is 9.05 Å². The quantitative estimate of drug-likeness (QED) is 0.612. The standard InChI is InChI=1S/C10H6ClNO3S/c11-16(14,15)9-6-2-4-7-3-1-5-8(12-13)10(7)9/h1-6H. The zero-order valence-electron chi connectivity index (χ0n) is 7.92. The van der Waals surface area contributed by atoms with E-state index in [4.69, 9.17) is 10.7 Å². The highest BCUT2D eigenvalue weighted by Crippen LogP contribution is 2.33. The molecule has 0 saturated heterocycles. The van der Waals surface area contributed by atoms with Gasteiger partial charge < -0.3 is 0 Å². The third kappa shape index (κ3) is 1.79. The van der Waals surface area contributed by atoms with E-state index < -0.39 is 9.05 Å². The number of fused-ring (bicyclic) bond motifs is 1. The Balaban J connectivity index is 3.01. The molecule has 0 fully saturated rings. The van der Waals surface area contributed by atoms with Gasteiger partial charge in [-0.3, -0.25) is 0 Å². The van der Waals surface area contributed by atoms with E-state index in [0.717, 1.165) is 0 Å². The Labute approximate surface area is 96.2 Å². The maximum atomic E-state index is 11.3. The minimum absolute atomic E-state index is 0.0670. The summed E-state index contributed by atoms with van der Waals surface area (Å²) in [5.41, 5.74) is 0.0670. The maximum absolute atomic E-state index is 11.3. The molecule has 16 heavy (non-hydrogen) atoms. The van der Waals surface area contributed by atoms with Crippen LogP contribution in [0.2, 0.25) is 0 Å². The molecule has 0 saturated carbocycles. The Kier molecular flexibility index (Phi) is 2.65. The predicted molar refractivity (Wildman–Crippen MR) is 62.4 cm³/mol. The number of halogens is 1. The molecular weight excluding hydrogens is 250 g/mol. The number of benzene rings is 2. The van der Waals surface area contributed by atoms with Crippen molar-refractivity contribution >= 4 is 36.2 Å². The lowest BCUT2D eigenvalue weighted by molar-refractivity contribution is 0.610. The highest BCUT2D eigenvalue weighted by molar-refractivity contribution is 8.14. The third-order valence-electron chi connectivity index (χ3n) is 2.21. The van der Waals surface area contributed by atoms with Gasteiger partial charge in [-0.25, -0.2) is 8.42 Å². The van der Waals surface area contributed by atoms with Gasteiger partial charge in [-0.15, -0.1) is 4.91 Å². The summed E-state index contributed by atoms with van der Waals surface area (Å²) in [6, 6.07) is 9.36. The molecule has 0 aliphatic carbocycles. The summed E-state index contributed by atoms with van der Waals surface area (Å²) in [5.74, 6) is 0. The summed E-state index contributed by atoms with van der Waals surface area (Å²) >= 11 is 0. The van der Waals surface area contributed by atoms with Gasteiger partial charge in [-0.1, -0.05) is 24.3 Å². The van der Waals surface area contributed by atoms with Gasteiger partial charge in [0, 0.05) is 16.1 Å². The van der Waals surface area contributed by atoms with Crippen LogP contribution >= 0.6 is 10.7 Å². The van der Waals surface area contributed by atoms with Crippen molar-refractivity contribution in [2.24, 2.45) is 5.18 Å².